The number of aromatic nitrogens is 5. The molecule has 0 bridgehead atoms. The predicted molar refractivity (Wildman–Crippen MR) is 280 cm³/mol. The van der Waals surface area contributed by atoms with Crippen LogP contribution >= 0.6 is 0 Å². The van der Waals surface area contributed by atoms with Gasteiger partial charge in [0.2, 0.25) is 5.95 Å². The maximum absolute atomic E-state index is 6.71. The highest BCUT2D eigenvalue weighted by Crippen LogP contribution is 2.44. The van der Waals surface area contributed by atoms with E-state index < -0.39 is 0 Å². The van der Waals surface area contributed by atoms with Gasteiger partial charge in [-0.1, -0.05) is 188 Å². The van der Waals surface area contributed by atoms with Crippen molar-refractivity contribution in [2.24, 2.45) is 0 Å². The molecule has 0 saturated carbocycles. The summed E-state index contributed by atoms with van der Waals surface area (Å²) in [6.07, 6.45) is 0. The molecule has 0 spiro atoms. The number of furan rings is 1. The van der Waals surface area contributed by atoms with E-state index in [9.17, 15) is 0 Å². The molecule has 0 aliphatic carbocycles. The van der Waals surface area contributed by atoms with Gasteiger partial charge in [0.1, 0.15) is 11.2 Å². The fourth-order valence-electron chi connectivity index (χ4n) is 10.4. The maximum atomic E-state index is 6.71. The number of hydrogen-bond donors (Lipinski definition) is 0. The van der Waals surface area contributed by atoms with Crippen LogP contribution in [-0.2, 0) is 0 Å². The Morgan fingerprint density at radius 2 is 0.926 bits per heavy atom. The largest absolute Gasteiger partial charge is 0.455 e. The maximum Gasteiger partial charge on any atom is 0.238 e. The molecule has 0 N–H and O–H groups in total. The second-order valence-corrected chi connectivity index (χ2v) is 17.7. The summed E-state index contributed by atoms with van der Waals surface area (Å²) < 4.78 is 11.4. The first-order valence-electron chi connectivity index (χ1n) is 23.0. The van der Waals surface area contributed by atoms with Crippen LogP contribution in [0, 0.1) is 6.92 Å². The Morgan fingerprint density at radius 1 is 0.368 bits per heavy atom. The van der Waals surface area contributed by atoms with Gasteiger partial charge >= 0.3 is 0 Å². The second-order valence-electron chi connectivity index (χ2n) is 17.7. The highest BCUT2D eigenvalue weighted by Gasteiger charge is 2.25. The zero-order valence-corrected chi connectivity index (χ0v) is 36.9. The summed E-state index contributed by atoms with van der Waals surface area (Å²) in [5.74, 6) is 1.73. The molecule has 6 heteroatoms. The van der Waals surface area contributed by atoms with Gasteiger partial charge in [-0.3, -0.25) is 4.57 Å². The van der Waals surface area contributed by atoms with Crippen molar-refractivity contribution in [2.75, 3.05) is 0 Å². The Labute approximate surface area is 390 Å². The Morgan fingerprint density at radius 3 is 1.68 bits per heavy atom. The first-order valence-corrected chi connectivity index (χ1v) is 23.0. The van der Waals surface area contributed by atoms with E-state index in [0.29, 0.717) is 17.6 Å². The van der Waals surface area contributed by atoms with Crippen molar-refractivity contribution >= 4 is 76.3 Å². The molecule has 14 aromatic rings. The van der Waals surface area contributed by atoms with Crippen LogP contribution < -0.4 is 0 Å². The normalized spacial score (nSPS) is 11.9. The third-order valence-electron chi connectivity index (χ3n) is 13.6. The number of benzene rings is 10. The predicted octanol–water partition coefficient (Wildman–Crippen LogP) is 16.1. The SMILES string of the molecule is Cc1ccc(-c2cc(-n3c4ccccc4c4ccc5c6ccccc6n(-c6nc(-c7ccc(-c8ccccc8)cc7)nc(-c7ccc8ccccc8c7)n6)c5c43)cc3c2oc2ccccc23)cc1. The van der Waals surface area contributed by atoms with Crippen LogP contribution in [0.25, 0.3) is 133 Å². The van der Waals surface area contributed by atoms with Crippen molar-refractivity contribution in [1.82, 2.24) is 24.1 Å². The number of hydrogen-bond acceptors (Lipinski definition) is 4. The van der Waals surface area contributed by atoms with Crippen LogP contribution in [0.5, 0.6) is 0 Å². The van der Waals surface area contributed by atoms with Crippen LogP contribution in [0.1, 0.15) is 5.56 Å². The lowest BCUT2D eigenvalue weighted by Crippen LogP contribution is -2.07. The Kier molecular flexibility index (Phi) is 8.39. The minimum Gasteiger partial charge on any atom is -0.455 e. The summed E-state index contributed by atoms with van der Waals surface area (Å²) in [7, 11) is 0. The molecule has 0 amide bonds. The number of fused-ring (bicyclic) bond motifs is 11. The molecule has 0 fully saturated rings. The van der Waals surface area contributed by atoms with Gasteiger partial charge in [0.05, 0.1) is 22.1 Å². The molecule has 0 aliphatic rings. The van der Waals surface area contributed by atoms with Crippen molar-refractivity contribution in [3.05, 3.63) is 224 Å². The molecule has 4 heterocycles. The summed E-state index contributed by atoms with van der Waals surface area (Å²) in [4.78, 5) is 16.2. The monoisotopic (exact) mass is 869 g/mol. The van der Waals surface area contributed by atoms with E-state index in [1.54, 1.807) is 0 Å². The van der Waals surface area contributed by atoms with Gasteiger partial charge in [0, 0.05) is 54.7 Å². The van der Waals surface area contributed by atoms with Crippen molar-refractivity contribution < 1.29 is 4.42 Å². The van der Waals surface area contributed by atoms with E-state index in [1.165, 1.54) is 5.56 Å². The number of aryl methyl sites for hydroxylation is 1. The lowest BCUT2D eigenvalue weighted by molar-refractivity contribution is 0.670. The zero-order valence-electron chi connectivity index (χ0n) is 36.9. The molecule has 318 valence electrons. The summed E-state index contributed by atoms with van der Waals surface area (Å²) in [5, 5.41) is 8.92. The third kappa shape index (κ3) is 5.94. The second kappa shape index (κ2) is 15.0. The fourth-order valence-corrected chi connectivity index (χ4v) is 10.4. The summed E-state index contributed by atoms with van der Waals surface area (Å²) >= 11 is 0. The van der Waals surface area contributed by atoms with E-state index in [2.05, 4.69) is 222 Å². The van der Waals surface area contributed by atoms with Gasteiger partial charge in [0.15, 0.2) is 11.6 Å². The molecular weight excluding hydrogens is 831 g/mol. The minimum absolute atomic E-state index is 0.539. The van der Waals surface area contributed by atoms with Gasteiger partial charge in [-0.05, 0) is 70.8 Å². The highest BCUT2D eigenvalue weighted by atomic mass is 16.3. The van der Waals surface area contributed by atoms with Gasteiger partial charge in [0.25, 0.3) is 0 Å². The Bertz CT molecular complexity index is 4310. The van der Waals surface area contributed by atoms with Gasteiger partial charge < -0.3 is 8.98 Å². The average Bonchev–Trinajstić information content (AvgIpc) is 4.07. The van der Waals surface area contributed by atoms with Crippen molar-refractivity contribution in [1.29, 1.82) is 0 Å². The van der Waals surface area contributed by atoms with Crippen molar-refractivity contribution in [3.8, 4) is 56.7 Å². The molecule has 10 aromatic carbocycles. The first kappa shape index (κ1) is 38.2. The quantitative estimate of drug-likeness (QED) is 0.167. The molecule has 0 unspecified atom stereocenters. The minimum atomic E-state index is 0.539. The lowest BCUT2D eigenvalue weighted by Gasteiger charge is -2.15. The summed E-state index contributed by atoms with van der Waals surface area (Å²) in [5.41, 5.74) is 14.4. The standard InChI is InChI=1S/C62H39N5O/c1-38-23-25-42(26-24-38)52-36-46(37-53-49-19-9-12-22-56(49)68-59(52)53)66-54-20-10-7-17-47(54)50-33-34-51-48-18-8-11-21-55(48)67(58(51)57(50)66)62-64-60(43-30-27-41(28-31-43)39-13-3-2-4-14-39)63-61(65-62)45-32-29-40-15-5-6-16-44(40)35-45/h2-37H,1H3. The molecule has 0 saturated heterocycles. The van der Waals surface area contributed by atoms with E-state index >= 15 is 0 Å². The molecule has 6 nitrogen and oxygen atoms in total. The topological polar surface area (TPSA) is 61.7 Å². The van der Waals surface area contributed by atoms with E-state index in [0.717, 1.165) is 115 Å². The number of nitrogens with zero attached hydrogens (tertiary/aromatic N) is 5. The van der Waals surface area contributed by atoms with E-state index in [4.69, 9.17) is 19.4 Å². The molecule has 0 atom stereocenters. The van der Waals surface area contributed by atoms with Crippen LogP contribution in [0.4, 0.5) is 0 Å². The molecule has 14 rings (SSSR count). The third-order valence-corrected chi connectivity index (χ3v) is 13.6. The Hall–Kier alpha value is -9.13. The smallest absolute Gasteiger partial charge is 0.238 e. The fraction of sp³-hybridized carbons (Fsp3) is 0.0161. The van der Waals surface area contributed by atoms with Gasteiger partial charge in [-0.25, -0.2) is 4.98 Å². The van der Waals surface area contributed by atoms with E-state index in [1.807, 2.05) is 12.1 Å². The Balaban J connectivity index is 1.09. The van der Waals surface area contributed by atoms with Crippen LogP contribution in [0.15, 0.2) is 223 Å². The molecule has 4 aromatic heterocycles. The zero-order chi connectivity index (χ0) is 44.9. The average molecular weight is 870 g/mol. The van der Waals surface area contributed by atoms with Crippen LogP contribution in [0.3, 0.4) is 0 Å². The van der Waals surface area contributed by atoms with Gasteiger partial charge in [-0.15, -0.1) is 0 Å². The number of rotatable bonds is 6. The molecule has 0 radical (unpaired) electrons. The van der Waals surface area contributed by atoms with Crippen molar-refractivity contribution in [2.45, 2.75) is 6.92 Å². The molecule has 68 heavy (non-hydrogen) atoms. The van der Waals surface area contributed by atoms with Crippen LogP contribution in [-0.4, -0.2) is 24.1 Å². The van der Waals surface area contributed by atoms with Crippen LogP contribution in [0.2, 0.25) is 0 Å². The highest BCUT2D eigenvalue weighted by molar-refractivity contribution is 6.24. The van der Waals surface area contributed by atoms with Gasteiger partial charge in [-0.2, -0.15) is 9.97 Å². The summed E-state index contributed by atoms with van der Waals surface area (Å²) in [6.45, 7) is 2.13. The lowest BCUT2D eigenvalue weighted by atomic mass is 10.00. The molecular formula is C62H39N5O. The van der Waals surface area contributed by atoms with Crippen molar-refractivity contribution in [3.63, 3.8) is 0 Å². The summed E-state index contributed by atoms with van der Waals surface area (Å²) in [6, 6.07) is 77.4. The first-order chi connectivity index (χ1) is 33.6. The molecule has 0 aliphatic heterocycles. The van der Waals surface area contributed by atoms with E-state index in [-0.39, 0.29) is 0 Å². The number of para-hydroxylation sites is 3.